The molecule has 112 valence electrons. The number of sulfonamides is 1. The standard InChI is InChI=1S/C14H16ClN3O2S/c1-9(10-4-2-5-11(15)8-10)18-12-6-3-7-13(14(12)16)21(17,19)20/h2-9,18H,16H2,1H3,(H2,17,19,20). The average molecular weight is 326 g/mol. The Hall–Kier alpha value is -1.76. The van der Waals surface area contributed by atoms with Crippen LogP contribution < -0.4 is 16.2 Å². The highest BCUT2D eigenvalue weighted by Crippen LogP contribution is 2.29. The van der Waals surface area contributed by atoms with Crippen LogP contribution in [0.25, 0.3) is 0 Å². The Labute approximate surface area is 129 Å². The lowest BCUT2D eigenvalue weighted by Crippen LogP contribution is -2.16. The Morgan fingerprint density at radius 2 is 1.86 bits per heavy atom. The number of benzene rings is 2. The number of primary sulfonamides is 1. The summed E-state index contributed by atoms with van der Waals surface area (Å²) in [7, 11) is -3.85. The molecule has 0 saturated carbocycles. The predicted octanol–water partition coefficient (Wildman–Crippen LogP) is 2.74. The first-order valence-corrected chi connectivity index (χ1v) is 8.15. The molecule has 7 heteroatoms. The number of nitrogens with two attached hydrogens (primary N) is 2. The van der Waals surface area contributed by atoms with Gasteiger partial charge in [-0.05, 0) is 36.8 Å². The maximum Gasteiger partial charge on any atom is 0.240 e. The van der Waals surface area contributed by atoms with Gasteiger partial charge in [0.15, 0.2) is 0 Å². The van der Waals surface area contributed by atoms with Crippen molar-refractivity contribution in [1.29, 1.82) is 0 Å². The number of rotatable bonds is 4. The molecule has 1 atom stereocenters. The summed E-state index contributed by atoms with van der Waals surface area (Å²) in [4.78, 5) is -0.0919. The number of para-hydroxylation sites is 1. The molecule has 0 amide bonds. The minimum absolute atomic E-state index is 0.0919. The van der Waals surface area contributed by atoms with Crippen molar-refractivity contribution in [3.63, 3.8) is 0 Å². The van der Waals surface area contributed by atoms with Gasteiger partial charge in [-0.2, -0.15) is 0 Å². The van der Waals surface area contributed by atoms with Crippen molar-refractivity contribution < 1.29 is 8.42 Å². The Bertz CT molecular complexity index is 763. The number of anilines is 2. The van der Waals surface area contributed by atoms with Crippen molar-refractivity contribution in [3.8, 4) is 0 Å². The number of nitrogen functional groups attached to an aromatic ring is 1. The van der Waals surface area contributed by atoms with Crippen molar-refractivity contribution >= 4 is 33.0 Å². The van der Waals surface area contributed by atoms with Crippen LogP contribution in [0.2, 0.25) is 5.02 Å². The summed E-state index contributed by atoms with van der Waals surface area (Å²) < 4.78 is 22.9. The monoisotopic (exact) mass is 325 g/mol. The second-order valence-electron chi connectivity index (χ2n) is 4.68. The Morgan fingerprint density at radius 3 is 2.48 bits per heavy atom. The third kappa shape index (κ3) is 3.66. The lowest BCUT2D eigenvalue weighted by atomic mass is 10.1. The molecule has 0 saturated heterocycles. The van der Waals surface area contributed by atoms with E-state index in [9.17, 15) is 8.42 Å². The predicted molar refractivity (Wildman–Crippen MR) is 85.7 cm³/mol. The van der Waals surface area contributed by atoms with E-state index in [1.165, 1.54) is 6.07 Å². The fourth-order valence-corrected chi connectivity index (χ4v) is 2.89. The van der Waals surface area contributed by atoms with Gasteiger partial charge in [-0.3, -0.25) is 0 Å². The molecule has 2 aromatic rings. The van der Waals surface area contributed by atoms with Crippen LogP contribution in [0.1, 0.15) is 18.5 Å². The first-order chi connectivity index (χ1) is 9.79. The van der Waals surface area contributed by atoms with E-state index in [1.807, 2.05) is 25.1 Å². The molecule has 0 aliphatic rings. The van der Waals surface area contributed by atoms with E-state index in [0.29, 0.717) is 10.7 Å². The molecule has 2 rings (SSSR count). The summed E-state index contributed by atoms with van der Waals surface area (Å²) in [6, 6.07) is 12.0. The Balaban J connectivity index is 2.32. The van der Waals surface area contributed by atoms with E-state index >= 15 is 0 Å². The minimum Gasteiger partial charge on any atom is -0.396 e. The maximum absolute atomic E-state index is 11.5. The molecule has 5 nitrogen and oxygen atoms in total. The summed E-state index contributed by atoms with van der Waals surface area (Å²) in [5, 5.41) is 8.93. The molecule has 0 bridgehead atoms. The van der Waals surface area contributed by atoms with Crippen LogP contribution in [0.5, 0.6) is 0 Å². The van der Waals surface area contributed by atoms with Gasteiger partial charge in [0.2, 0.25) is 10.0 Å². The molecule has 0 spiro atoms. The smallest absolute Gasteiger partial charge is 0.240 e. The first kappa shape index (κ1) is 15.6. The van der Waals surface area contributed by atoms with Crippen LogP contribution in [-0.2, 0) is 10.0 Å². The van der Waals surface area contributed by atoms with Crippen LogP contribution in [0.4, 0.5) is 11.4 Å². The van der Waals surface area contributed by atoms with Gasteiger partial charge in [0, 0.05) is 11.1 Å². The van der Waals surface area contributed by atoms with Gasteiger partial charge in [-0.1, -0.05) is 29.8 Å². The van der Waals surface area contributed by atoms with E-state index in [1.54, 1.807) is 18.2 Å². The summed E-state index contributed by atoms with van der Waals surface area (Å²) in [6.07, 6.45) is 0. The molecular weight excluding hydrogens is 310 g/mol. The van der Waals surface area contributed by atoms with Gasteiger partial charge in [0.05, 0.1) is 11.4 Å². The van der Waals surface area contributed by atoms with Crippen molar-refractivity contribution in [2.75, 3.05) is 11.1 Å². The average Bonchev–Trinajstić information content (AvgIpc) is 2.39. The van der Waals surface area contributed by atoms with E-state index in [2.05, 4.69) is 5.32 Å². The SMILES string of the molecule is CC(Nc1cccc(S(N)(=O)=O)c1N)c1cccc(Cl)c1. The number of nitrogens with one attached hydrogen (secondary N) is 1. The quantitative estimate of drug-likeness (QED) is 0.753. The lowest BCUT2D eigenvalue weighted by molar-refractivity contribution is 0.598. The maximum atomic E-state index is 11.5. The zero-order chi connectivity index (χ0) is 15.6. The van der Waals surface area contributed by atoms with Crippen LogP contribution in [0.3, 0.4) is 0 Å². The zero-order valence-corrected chi connectivity index (χ0v) is 12.9. The van der Waals surface area contributed by atoms with E-state index in [4.69, 9.17) is 22.5 Å². The molecule has 5 N–H and O–H groups in total. The van der Waals surface area contributed by atoms with Crippen LogP contribution in [-0.4, -0.2) is 8.42 Å². The summed E-state index contributed by atoms with van der Waals surface area (Å²) in [5.41, 5.74) is 7.45. The largest absolute Gasteiger partial charge is 0.396 e. The van der Waals surface area contributed by atoms with Crippen molar-refractivity contribution in [1.82, 2.24) is 0 Å². The molecular formula is C14H16ClN3O2S. The highest BCUT2D eigenvalue weighted by Gasteiger charge is 2.16. The molecule has 0 fully saturated rings. The summed E-state index contributed by atoms with van der Waals surface area (Å²) in [5.74, 6) is 0. The van der Waals surface area contributed by atoms with Gasteiger partial charge in [0.1, 0.15) is 4.90 Å². The normalized spacial score (nSPS) is 12.9. The molecule has 0 heterocycles. The van der Waals surface area contributed by atoms with Crippen LogP contribution in [0, 0.1) is 0 Å². The highest BCUT2D eigenvalue weighted by atomic mass is 35.5. The second kappa shape index (κ2) is 5.93. The van der Waals surface area contributed by atoms with Crippen LogP contribution >= 0.6 is 11.6 Å². The van der Waals surface area contributed by atoms with Crippen molar-refractivity contribution in [2.45, 2.75) is 17.9 Å². The number of hydrogen-bond acceptors (Lipinski definition) is 4. The topological polar surface area (TPSA) is 98.2 Å². The lowest BCUT2D eigenvalue weighted by Gasteiger charge is -2.18. The molecule has 0 aromatic heterocycles. The first-order valence-electron chi connectivity index (χ1n) is 6.22. The highest BCUT2D eigenvalue weighted by molar-refractivity contribution is 7.89. The van der Waals surface area contributed by atoms with Gasteiger partial charge in [-0.25, -0.2) is 13.6 Å². The molecule has 21 heavy (non-hydrogen) atoms. The summed E-state index contributed by atoms with van der Waals surface area (Å²) >= 11 is 5.96. The number of hydrogen-bond donors (Lipinski definition) is 3. The number of halogens is 1. The fourth-order valence-electron chi connectivity index (χ4n) is 2.01. The Kier molecular flexibility index (Phi) is 4.41. The van der Waals surface area contributed by atoms with Crippen LogP contribution in [0.15, 0.2) is 47.4 Å². The molecule has 0 aliphatic carbocycles. The van der Waals surface area contributed by atoms with Gasteiger partial charge < -0.3 is 11.1 Å². The third-order valence-electron chi connectivity index (χ3n) is 3.09. The molecule has 2 aromatic carbocycles. The van der Waals surface area contributed by atoms with Crippen molar-refractivity contribution in [3.05, 3.63) is 53.1 Å². The third-order valence-corrected chi connectivity index (χ3v) is 4.30. The summed E-state index contributed by atoms with van der Waals surface area (Å²) in [6.45, 7) is 1.93. The van der Waals surface area contributed by atoms with E-state index < -0.39 is 10.0 Å². The molecule has 0 radical (unpaired) electrons. The zero-order valence-electron chi connectivity index (χ0n) is 11.4. The van der Waals surface area contributed by atoms with Crippen molar-refractivity contribution in [2.24, 2.45) is 5.14 Å². The van der Waals surface area contributed by atoms with Gasteiger partial charge in [-0.15, -0.1) is 0 Å². The second-order valence-corrected chi connectivity index (χ2v) is 6.65. The fraction of sp³-hybridized carbons (Fsp3) is 0.143. The van der Waals surface area contributed by atoms with Gasteiger partial charge in [0.25, 0.3) is 0 Å². The van der Waals surface area contributed by atoms with E-state index in [0.717, 1.165) is 5.56 Å². The molecule has 1 unspecified atom stereocenters. The Morgan fingerprint density at radius 1 is 1.19 bits per heavy atom. The van der Waals surface area contributed by atoms with E-state index in [-0.39, 0.29) is 16.6 Å². The minimum atomic E-state index is -3.85. The van der Waals surface area contributed by atoms with Gasteiger partial charge >= 0.3 is 0 Å². The molecule has 0 aliphatic heterocycles.